The second-order valence-corrected chi connectivity index (χ2v) is 7.81. The van der Waals surface area contributed by atoms with Crippen LogP contribution in [0.25, 0.3) is 0 Å². The first-order chi connectivity index (χ1) is 15.7. The van der Waals surface area contributed by atoms with Crippen LogP contribution in [0.2, 0.25) is 0 Å². The van der Waals surface area contributed by atoms with Gasteiger partial charge >= 0.3 is 6.18 Å². The minimum Gasteiger partial charge on any atom is -0.436 e. The van der Waals surface area contributed by atoms with E-state index in [-0.39, 0.29) is 29.2 Å². The van der Waals surface area contributed by atoms with Gasteiger partial charge in [-0.25, -0.2) is 10.5 Å². The molecule has 1 unspecified atom stereocenters. The molecule has 2 aromatic carbocycles. The number of hydroxylamine groups is 1. The number of alkyl halides is 3. The highest BCUT2D eigenvalue weighted by Crippen LogP contribution is 2.32. The van der Waals surface area contributed by atoms with Gasteiger partial charge in [0.2, 0.25) is 0 Å². The molecule has 0 spiro atoms. The number of rotatable bonds is 5. The predicted octanol–water partition coefficient (Wildman–Crippen LogP) is 4.50. The Morgan fingerprint density at radius 2 is 1.88 bits per heavy atom. The Morgan fingerprint density at radius 3 is 2.64 bits per heavy atom. The van der Waals surface area contributed by atoms with E-state index in [1.807, 2.05) is 0 Å². The Labute approximate surface area is 188 Å². The molecule has 0 aliphatic carbocycles. The monoisotopic (exact) mass is 457 g/mol. The van der Waals surface area contributed by atoms with Crippen LogP contribution in [0.4, 0.5) is 13.2 Å². The number of halogens is 3. The minimum atomic E-state index is -4.50. The Hall–Kier alpha value is -3.53. The third-order valence-corrected chi connectivity index (χ3v) is 5.16. The molecular formula is C23H22F3N5O2. The first kappa shape index (κ1) is 22.7. The fourth-order valence-electron chi connectivity index (χ4n) is 3.34. The summed E-state index contributed by atoms with van der Waals surface area (Å²) in [6.45, 7) is 6.09. The van der Waals surface area contributed by atoms with E-state index >= 15 is 0 Å². The summed E-state index contributed by atoms with van der Waals surface area (Å²) >= 11 is 0. The van der Waals surface area contributed by atoms with Gasteiger partial charge in [-0.3, -0.25) is 9.83 Å². The predicted molar refractivity (Wildman–Crippen MR) is 115 cm³/mol. The average Bonchev–Trinajstić information content (AvgIpc) is 2.77. The van der Waals surface area contributed by atoms with E-state index < -0.39 is 11.7 Å². The molecule has 33 heavy (non-hydrogen) atoms. The fraction of sp³-hybridized carbons (Fsp3) is 0.304. The van der Waals surface area contributed by atoms with Crippen molar-refractivity contribution in [2.45, 2.75) is 39.4 Å². The van der Waals surface area contributed by atoms with Crippen molar-refractivity contribution in [3.8, 4) is 11.6 Å². The van der Waals surface area contributed by atoms with E-state index in [4.69, 9.17) is 9.57 Å². The quantitative estimate of drug-likeness (QED) is 0.608. The number of benzene rings is 2. The number of nitrogens with zero attached hydrogens (tertiary/aromatic N) is 4. The number of nitrogens with one attached hydrogen (secondary N) is 1. The highest BCUT2D eigenvalue weighted by molar-refractivity contribution is 5.98. The summed E-state index contributed by atoms with van der Waals surface area (Å²) in [7, 11) is 0. The van der Waals surface area contributed by atoms with Gasteiger partial charge in [0.05, 0.1) is 18.2 Å². The number of aryl methyl sites for hydroxylation is 3. The van der Waals surface area contributed by atoms with E-state index in [2.05, 4.69) is 57.7 Å². The van der Waals surface area contributed by atoms with Gasteiger partial charge in [-0.2, -0.15) is 13.2 Å². The van der Waals surface area contributed by atoms with Gasteiger partial charge in [0.1, 0.15) is 11.6 Å². The molecule has 1 aliphatic rings. The van der Waals surface area contributed by atoms with E-state index in [0.29, 0.717) is 18.9 Å². The van der Waals surface area contributed by atoms with Crippen LogP contribution in [-0.4, -0.2) is 33.7 Å². The molecule has 0 bridgehead atoms. The molecule has 7 nitrogen and oxygen atoms in total. The largest absolute Gasteiger partial charge is 0.436 e. The molecule has 4 rings (SSSR count). The summed E-state index contributed by atoms with van der Waals surface area (Å²) in [5, 5.41) is 7.85. The number of hydrogen-bond acceptors (Lipinski definition) is 7. The maximum absolute atomic E-state index is 13.1. The molecule has 2 heterocycles. The van der Waals surface area contributed by atoms with Gasteiger partial charge in [-0.05, 0) is 62.1 Å². The van der Waals surface area contributed by atoms with Crippen molar-refractivity contribution < 1.29 is 22.7 Å². The summed E-state index contributed by atoms with van der Waals surface area (Å²) in [5.74, 6) is 0.494. The number of ether oxygens (including phenoxy) is 1. The number of aliphatic imine (C=N–C) groups is 1. The van der Waals surface area contributed by atoms with Crippen LogP contribution in [0.1, 0.15) is 33.8 Å². The van der Waals surface area contributed by atoms with Crippen molar-refractivity contribution in [1.82, 2.24) is 20.7 Å². The molecule has 0 fully saturated rings. The second kappa shape index (κ2) is 9.14. The van der Waals surface area contributed by atoms with Gasteiger partial charge in [0.25, 0.3) is 5.88 Å². The lowest BCUT2D eigenvalue weighted by Gasteiger charge is -2.22. The zero-order chi connectivity index (χ0) is 23.6. The Bertz CT molecular complexity index is 1200. The van der Waals surface area contributed by atoms with Crippen LogP contribution in [0.3, 0.4) is 0 Å². The SMILES string of the molecule is Cc1nnc(Oc2cccc(C(F)(F)F)c2)c(C2=NC(Cc3ccc(C)c(C)c3)CON2)n1. The van der Waals surface area contributed by atoms with Gasteiger partial charge in [0.15, 0.2) is 11.5 Å². The first-order valence-corrected chi connectivity index (χ1v) is 10.3. The number of hydrogen-bond donors (Lipinski definition) is 1. The minimum absolute atomic E-state index is 0.0463. The molecule has 0 amide bonds. The van der Waals surface area contributed by atoms with E-state index in [0.717, 1.165) is 17.7 Å². The Morgan fingerprint density at radius 1 is 1.06 bits per heavy atom. The van der Waals surface area contributed by atoms with E-state index in [9.17, 15) is 13.2 Å². The lowest BCUT2D eigenvalue weighted by Crippen LogP contribution is -2.37. The van der Waals surface area contributed by atoms with E-state index in [1.54, 1.807) is 6.92 Å². The normalized spacial score (nSPS) is 16.2. The van der Waals surface area contributed by atoms with Gasteiger partial charge in [0, 0.05) is 0 Å². The summed E-state index contributed by atoms with van der Waals surface area (Å²) in [4.78, 5) is 14.5. The molecule has 1 N–H and O–H groups in total. The van der Waals surface area contributed by atoms with Gasteiger partial charge in [-0.15, -0.1) is 10.2 Å². The van der Waals surface area contributed by atoms with Crippen molar-refractivity contribution in [3.63, 3.8) is 0 Å². The van der Waals surface area contributed by atoms with Crippen molar-refractivity contribution in [2.24, 2.45) is 4.99 Å². The van der Waals surface area contributed by atoms with Crippen LogP contribution in [-0.2, 0) is 17.4 Å². The lowest BCUT2D eigenvalue weighted by atomic mass is 10.0. The zero-order valence-electron chi connectivity index (χ0n) is 18.3. The van der Waals surface area contributed by atoms with Crippen LogP contribution in [0.15, 0.2) is 47.5 Å². The molecule has 0 saturated carbocycles. The Balaban J connectivity index is 1.62. The van der Waals surface area contributed by atoms with Crippen molar-refractivity contribution >= 4 is 5.84 Å². The maximum Gasteiger partial charge on any atom is 0.416 e. The zero-order valence-corrected chi connectivity index (χ0v) is 18.3. The molecule has 1 aromatic heterocycles. The molecule has 0 saturated heterocycles. The topological polar surface area (TPSA) is 81.5 Å². The highest BCUT2D eigenvalue weighted by atomic mass is 19.4. The molecule has 3 aromatic rings. The molecular weight excluding hydrogens is 435 g/mol. The summed E-state index contributed by atoms with van der Waals surface area (Å²) in [6, 6.07) is 10.5. The average molecular weight is 457 g/mol. The smallest absolute Gasteiger partial charge is 0.416 e. The lowest BCUT2D eigenvalue weighted by molar-refractivity contribution is -0.137. The molecule has 1 atom stereocenters. The number of aromatic nitrogens is 3. The van der Waals surface area contributed by atoms with Crippen LogP contribution in [0, 0.1) is 20.8 Å². The third-order valence-electron chi connectivity index (χ3n) is 5.16. The summed E-state index contributed by atoms with van der Waals surface area (Å²) < 4.78 is 44.8. The highest BCUT2D eigenvalue weighted by Gasteiger charge is 2.31. The standard InChI is InChI=1S/C23H22F3N5O2/c1-13-7-8-16(9-14(13)2)10-18-12-32-31-21(28-18)20-22(30-29-15(3)27-20)33-19-6-4-5-17(11-19)23(24,25)26/h4-9,11,18H,10,12H2,1-3H3,(H,28,31). The van der Waals surface area contributed by atoms with Crippen LogP contribution < -0.4 is 10.2 Å². The maximum atomic E-state index is 13.1. The molecule has 172 valence electrons. The fourth-order valence-corrected chi connectivity index (χ4v) is 3.34. The summed E-state index contributed by atoms with van der Waals surface area (Å²) in [6.07, 6.45) is -3.85. The molecule has 1 aliphatic heterocycles. The molecule has 10 heteroatoms. The third kappa shape index (κ3) is 5.46. The van der Waals surface area contributed by atoms with Crippen molar-refractivity contribution in [3.05, 3.63) is 76.2 Å². The number of amidine groups is 1. The summed E-state index contributed by atoms with van der Waals surface area (Å²) in [5.41, 5.74) is 5.61. The van der Waals surface area contributed by atoms with Crippen LogP contribution in [0.5, 0.6) is 11.6 Å². The van der Waals surface area contributed by atoms with Crippen molar-refractivity contribution in [1.29, 1.82) is 0 Å². The Kier molecular flexibility index (Phi) is 6.28. The van der Waals surface area contributed by atoms with Gasteiger partial charge < -0.3 is 4.74 Å². The second-order valence-electron chi connectivity index (χ2n) is 7.81. The van der Waals surface area contributed by atoms with Gasteiger partial charge in [-0.1, -0.05) is 24.3 Å². The van der Waals surface area contributed by atoms with Crippen molar-refractivity contribution in [2.75, 3.05) is 6.61 Å². The first-order valence-electron chi connectivity index (χ1n) is 10.3. The van der Waals surface area contributed by atoms with E-state index in [1.165, 1.54) is 23.3 Å². The molecule has 0 radical (unpaired) electrons. The van der Waals surface area contributed by atoms with Crippen LogP contribution >= 0.6 is 0 Å².